The molecule has 1 aliphatic rings. The SMILES string of the molecule is COc1cc(OC)cc(C2=N/C(=C\c3ccccc3Br)C(=O)O2)c1. The van der Waals surface area contributed by atoms with Crippen molar-refractivity contribution in [2.75, 3.05) is 14.2 Å². The van der Waals surface area contributed by atoms with Crippen molar-refractivity contribution < 1.29 is 19.0 Å². The highest BCUT2D eigenvalue weighted by Crippen LogP contribution is 2.27. The van der Waals surface area contributed by atoms with Crippen LogP contribution in [0.1, 0.15) is 11.1 Å². The highest BCUT2D eigenvalue weighted by atomic mass is 79.9. The molecule has 24 heavy (non-hydrogen) atoms. The summed E-state index contributed by atoms with van der Waals surface area (Å²) < 4.78 is 16.6. The largest absolute Gasteiger partial charge is 0.497 e. The Morgan fingerprint density at radius 1 is 1.08 bits per heavy atom. The Morgan fingerprint density at radius 3 is 2.38 bits per heavy atom. The molecule has 0 saturated heterocycles. The molecular formula is C18H14BrNO4. The molecule has 6 heteroatoms. The Kier molecular flexibility index (Phi) is 4.66. The maximum Gasteiger partial charge on any atom is 0.363 e. The summed E-state index contributed by atoms with van der Waals surface area (Å²) in [4.78, 5) is 16.4. The minimum absolute atomic E-state index is 0.218. The average molecular weight is 388 g/mol. The van der Waals surface area contributed by atoms with Gasteiger partial charge in [-0.2, -0.15) is 0 Å². The van der Waals surface area contributed by atoms with Crippen molar-refractivity contribution in [2.45, 2.75) is 0 Å². The van der Waals surface area contributed by atoms with Crippen LogP contribution in [0.3, 0.4) is 0 Å². The van der Waals surface area contributed by atoms with Gasteiger partial charge in [0, 0.05) is 16.1 Å². The minimum atomic E-state index is -0.498. The zero-order valence-corrected chi connectivity index (χ0v) is 14.7. The molecule has 0 aromatic heterocycles. The van der Waals surface area contributed by atoms with E-state index in [1.54, 1.807) is 38.5 Å². The Morgan fingerprint density at radius 2 is 1.75 bits per heavy atom. The van der Waals surface area contributed by atoms with E-state index in [1.807, 2.05) is 24.3 Å². The van der Waals surface area contributed by atoms with E-state index in [-0.39, 0.29) is 11.6 Å². The van der Waals surface area contributed by atoms with Crippen molar-refractivity contribution in [2.24, 2.45) is 4.99 Å². The first-order valence-corrected chi connectivity index (χ1v) is 7.90. The van der Waals surface area contributed by atoms with Gasteiger partial charge >= 0.3 is 5.97 Å². The number of hydrogen-bond acceptors (Lipinski definition) is 5. The van der Waals surface area contributed by atoms with Gasteiger partial charge in [0.25, 0.3) is 0 Å². The lowest BCUT2D eigenvalue weighted by molar-refractivity contribution is -0.129. The second-order valence-corrected chi connectivity index (χ2v) is 5.81. The summed E-state index contributed by atoms with van der Waals surface area (Å²) in [6.45, 7) is 0. The number of esters is 1. The molecule has 0 fully saturated rings. The van der Waals surface area contributed by atoms with E-state index >= 15 is 0 Å². The van der Waals surface area contributed by atoms with Crippen molar-refractivity contribution in [1.29, 1.82) is 0 Å². The van der Waals surface area contributed by atoms with E-state index in [0.717, 1.165) is 10.0 Å². The Balaban J connectivity index is 1.99. The fourth-order valence-electron chi connectivity index (χ4n) is 2.20. The molecule has 5 nitrogen and oxygen atoms in total. The van der Waals surface area contributed by atoms with Crippen LogP contribution in [0.15, 0.2) is 57.6 Å². The molecule has 0 unspecified atom stereocenters. The number of carbonyl (C=O) groups is 1. The van der Waals surface area contributed by atoms with Crippen LogP contribution in [0.2, 0.25) is 0 Å². The number of hydrogen-bond donors (Lipinski definition) is 0. The molecule has 0 N–H and O–H groups in total. The van der Waals surface area contributed by atoms with E-state index < -0.39 is 5.97 Å². The zero-order valence-electron chi connectivity index (χ0n) is 13.1. The van der Waals surface area contributed by atoms with Crippen molar-refractivity contribution in [3.8, 4) is 11.5 Å². The minimum Gasteiger partial charge on any atom is -0.497 e. The lowest BCUT2D eigenvalue weighted by Crippen LogP contribution is -2.06. The second kappa shape index (κ2) is 6.88. The van der Waals surface area contributed by atoms with Crippen LogP contribution in [0, 0.1) is 0 Å². The molecule has 122 valence electrons. The molecule has 0 amide bonds. The molecule has 0 radical (unpaired) electrons. The summed E-state index contributed by atoms with van der Waals surface area (Å²) in [5.74, 6) is 0.899. The molecule has 0 bridgehead atoms. The summed E-state index contributed by atoms with van der Waals surface area (Å²) in [6, 6.07) is 12.8. The van der Waals surface area contributed by atoms with Gasteiger partial charge < -0.3 is 14.2 Å². The number of rotatable bonds is 4. The van der Waals surface area contributed by atoms with Gasteiger partial charge in [0.05, 0.1) is 14.2 Å². The van der Waals surface area contributed by atoms with Gasteiger partial charge in [0.15, 0.2) is 5.70 Å². The fraction of sp³-hybridized carbons (Fsp3) is 0.111. The predicted octanol–water partition coefficient (Wildman–Crippen LogP) is 3.81. The fourth-order valence-corrected chi connectivity index (χ4v) is 2.60. The molecule has 3 rings (SSSR count). The first kappa shape index (κ1) is 16.3. The summed E-state index contributed by atoms with van der Waals surface area (Å²) in [7, 11) is 3.11. The van der Waals surface area contributed by atoms with Gasteiger partial charge in [-0.1, -0.05) is 34.1 Å². The lowest BCUT2D eigenvalue weighted by Gasteiger charge is -2.07. The summed E-state index contributed by atoms with van der Waals surface area (Å²) in [5.41, 5.74) is 1.69. The number of nitrogens with zero attached hydrogens (tertiary/aromatic N) is 1. The summed E-state index contributed by atoms with van der Waals surface area (Å²) in [5, 5.41) is 0. The first-order valence-electron chi connectivity index (χ1n) is 7.11. The molecule has 2 aromatic carbocycles. The molecule has 1 aliphatic heterocycles. The Hall–Kier alpha value is -2.60. The van der Waals surface area contributed by atoms with Crippen molar-refractivity contribution >= 4 is 33.9 Å². The normalized spacial score (nSPS) is 15.2. The van der Waals surface area contributed by atoms with Gasteiger partial charge in [-0.05, 0) is 29.8 Å². The van der Waals surface area contributed by atoms with Crippen molar-refractivity contribution in [3.05, 3.63) is 63.8 Å². The standard InChI is InChI=1S/C18H14BrNO4/c1-22-13-7-12(8-14(10-13)23-2)17-20-16(18(21)24-17)9-11-5-3-4-6-15(11)19/h3-10H,1-2H3/b16-9-. The van der Waals surface area contributed by atoms with E-state index in [0.29, 0.717) is 17.1 Å². The molecule has 0 aliphatic carbocycles. The molecule has 1 heterocycles. The number of ether oxygens (including phenoxy) is 3. The summed E-state index contributed by atoms with van der Waals surface area (Å²) in [6.07, 6.45) is 1.68. The monoisotopic (exact) mass is 387 g/mol. The molecular weight excluding hydrogens is 374 g/mol. The third kappa shape index (κ3) is 3.33. The van der Waals surface area contributed by atoms with Crippen LogP contribution in [0.4, 0.5) is 0 Å². The Bertz CT molecular complexity index is 836. The molecule has 0 spiro atoms. The number of carbonyl (C=O) groups excluding carboxylic acids is 1. The van der Waals surface area contributed by atoms with Crippen LogP contribution < -0.4 is 9.47 Å². The summed E-state index contributed by atoms with van der Waals surface area (Å²) >= 11 is 3.44. The average Bonchev–Trinajstić information content (AvgIpc) is 2.97. The van der Waals surface area contributed by atoms with Gasteiger partial charge in [-0.15, -0.1) is 0 Å². The topological polar surface area (TPSA) is 57.1 Å². The quantitative estimate of drug-likeness (QED) is 0.591. The van der Waals surface area contributed by atoms with Crippen LogP contribution >= 0.6 is 15.9 Å². The van der Waals surface area contributed by atoms with Crippen LogP contribution in [-0.2, 0) is 9.53 Å². The highest BCUT2D eigenvalue weighted by molar-refractivity contribution is 9.10. The third-order valence-electron chi connectivity index (χ3n) is 3.42. The molecule has 0 saturated carbocycles. The predicted molar refractivity (Wildman–Crippen MR) is 94.3 cm³/mol. The maximum atomic E-state index is 12.1. The maximum absolute atomic E-state index is 12.1. The van der Waals surface area contributed by atoms with Gasteiger partial charge in [0.1, 0.15) is 11.5 Å². The van der Waals surface area contributed by atoms with Crippen LogP contribution in [0.5, 0.6) is 11.5 Å². The van der Waals surface area contributed by atoms with E-state index in [1.165, 1.54) is 0 Å². The molecule has 2 aromatic rings. The van der Waals surface area contributed by atoms with E-state index in [9.17, 15) is 4.79 Å². The number of methoxy groups -OCH3 is 2. The van der Waals surface area contributed by atoms with Crippen molar-refractivity contribution in [3.63, 3.8) is 0 Å². The van der Waals surface area contributed by atoms with Crippen LogP contribution in [0.25, 0.3) is 6.08 Å². The number of cyclic esters (lactones) is 1. The zero-order chi connectivity index (χ0) is 17.1. The van der Waals surface area contributed by atoms with E-state index in [2.05, 4.69) is 20.9 Å². The lowest BCUT2D eigenvalue weighted by atomic mass is 10.2. The van der Waals surface area contributed by atoms with Crippen molar-refractivity contribution in [1.82, 2.24) is 0 Å². The first-order chi connectivity index (χ1) is 11.6. The second-order valence-electron chi connectivity index (χ2n) is 4.96. The Labute approximate surface area is 147 Å². The van der Waals surface area contributed by atoms with E-state index in [4.69, 9.17) is 14.2 Å². The van der Waals surface area contributed by atoms with Crippen LogP contribution in [-0.4, -0.2) is 26.1 Å². The van der Waals surface area contributed by atoms with Gasteiger partial charge in [0.2, 0.25) is 5.90 Å². The number of halogens is 1. The highest BCUT2D eigenvalue weighted by Gasteiger charge is 2.25. The van der Waals surface area contributed by atoms with Gasteiger partial charge in [-0.3, -0.25) is 0 Å². The third-order valence-corrected chi connectivity index (χ3v) is 4.14. The number of aliphatic imine (C=N–C) groups is 1. The molecule has 0 atom stereocenters. The smallest absolute Gasteiger partial charge is 0.363 e. The number of benzene rings is 2. The van der Waals surface area contributed by atoms with Gasteiger partial charge in [-0.25, -0.2) is 9.79 Å².